The zero-order chi connectivity index (χ0) is 19.7. The van der Waals surface area contributed by atoms with E-state index in [0.29, 0.717) is 11.5 Å². The van der Waals surface area contributed by atoms with Gasteiger partial charge in [-0.2, -0.15) is 0 Å². The van der Waals surface area contributed by atoms with Crippen LogP contribution in [0.2, 0.25) is 0 Å². The van der Waals surface area contributed by atoms with Gasteiger partial charge in [0.05, 0.1) is 5.39 Å². The summed E-state index contributed by atoms with van der Waals surface area (Å²) in [5.74, 6) is 1.33. The summed E-state index contributed by atoms with van der Waals surface area (Å²) in [6.07, 6.45) is 1.58. The van der Waals surface area contributed by atoms with Gasteiger partial charge >= 0.3 is 0 Å². The van der Waals surface area contributed by atoms with Crippen molar-refractivity contribution in [2.24, 2.45) is 0 Å². The number of Topliss-reactive ketones (excluding diaryl/α,β-unsaturated/α-hetero) is 1. The summed E-state index contributed by atoms with van der Waals surface area (Å²) in [4.78, 5) is 21.3. The van der Waals surface area contributed by atoms with E-state index in [1.54, 1.807) is 24.6 Å². The molecule has 140 valence electrons. The van der Waals surface area contributed by atoms with Crippen LogP contribution in [0.3, 0.4) is 0 Å². The van der Waals surface area contributed by atoms with Crippen LogP contribution in [0.4, 0.5) is 11.5 Å². The van der Waals surface area contributed by atoms with E-state index in [-0.39, 0.29) is 5.78 Å². The minimum absolute atomic E-state index is 0.0564. The summed E-state index contributed by atoms with van der Waals surface area (Å²) in [7, 11) is 0. The molecule has 2 heterocycles. The Morgan fingerprint density at radius 2 is 1.71 bits per heavy atom. The molecule has 4 aromatic rings. The second-order valence-electron chi connectivity index (χ2n) is 7.09. The van der Waals surface area contributed by atoms with E-state index in [1.807, 2.05) is 24.3 Å². The predicted octanol–water partition coefficient (Wildman–Crippen LogP) is 6.43. The number of hydrogen-bond acceptors (Lipinski definition) is 5. The summed E-state index contributed by atoms with van der Waals surface area (Å²) in [6, 6.07) is 16.1. The number of aromatic nitrogens is 2. The van der Waals surface area contributed by atoms with Gasteiger partial charge in [0.25, 0.3) is 0 Å². The van der Waals surface area contributed by atoms with E-state index in [2.05, 4.69) is 58.8 Å². The Morgan fingerprint density at radius 1 is 1.00 bits per heavy atom. The third-order valence-corrected chi connectivity index (χ3v) is 5.70. The molecule has 4 rings (SSSR count). The van der Waals surface area contributed by atoms with Crippen molar-refractivity contribution in [3.8, 4) is 11.1 Å². The van der Waals surface area contributed by atoms with Gasteiger partial charge in [0.1, 0.15) is 17.0 Å². The van der Waals surface area contributed by atoms with E-state index in [1.165, 1.54) is 5.56 Å². The summed E-state index contributed by atoms with van der Waals surface area (Å²) < 4.78 is 0. The quantitative estimate of drug-likeness (QED) is 0.401. The lowest BCUT2D eigenvalue weighted by Gasteiger charge is -2.10. The maximum atomic E-state index is 11.5. The fourth-order valence-corrected chi connectivity index (χ4v) is 4.07. The molecule has 0 radical (unpaired) electrons. The molecule has 5 heteroatoms. The Bertz CT molecular complexity index is 1130. The second kappa shape index (κ2) is 7.52. The van der Waals surface area contributed by atoms with Gasteiger partial charge in [-0.05, 0) is 48.2 Å². The zero-order valence-electron chi connectivity index (χ0n) is 16.1. The molecule has 0 bridgehead atoms. The molecule has 0 aliphatic heterocycles. The van der Waals surface area contributed by atoms with E-state index in [9.17, 15) is 4.79 Å². The van der Waals surface area contributed by atoms with Crippen molar-refractivity contribution >= 4 is 38.8 Å². The molecule has 0 unspecified atom stereocenters. The molecule has 4 nitrogen and oxygen atoms in total. The number of ketones is 1. The van der Waals surface area contributed by atoms with E-state index in [0.717, 1.165) is 32.8 Å². The molecular weight excluding hydrogens is 366 g/mol. The number of hydrogen-bond donors (Lipinski definition) is 1. The van der Waals surface area contributed by atoms with Crippen LogP contribution in [0.1, 0.15) is 42.6 Å². The molecule has 0 atom stereocenters. The number of nitrogens with one attached hydrogen (secondary N) is 1. The zero-order valence-corrected chi connectivity index (χ0v) is 16.9. The number of rotatable bonds is 5. The highest BCUT2D eigenvalue weighted by Gasteiger charge is 2.14. The summed E-state index contributed by atoms with van der Waals surface area (Å²) in [6.45, 7) is 5.96. The van der Waals surface area contributed by atoms with Crippen LogP contribution >= 0.6 is 11.3 Å². The van der Waals surface area contributed by atoms with E-state index >= 15 is 0 Å². The number of anilines is 2. The van der Waals surface area contributed by atoms with E-state index in [4.69, 9.17) is 0 Å². The lowest BCUT2D eigenvalue weighted by Crippen LogP contribution is -1.97. The van der Waals surface area contributed by atoms with Crippen molar-refractivity contribution in [1.82, 2.24) is 9.97 Å². The molecule has 0 saturated carbocycles. The smallest absolute Gasteiger partial charge is 0.159 e. The number of thiophene rings is 1. The Balaban J connectivity index is 1.73. The molecule has 28 heavy (non-hydrogen) atoms. The number of nitrogens with zero attached hydrogens (tertiary/aromatic N) is 2. The first-order chi connectivity index (χ1) is 13.5. The molecule has 0 aliphatic carbocycles. The number of fused-ring (bicyclic) bond motifs is 1. The van der Waals surface area contributed by atoms with Gasteiger partial charge in [0.2, 0.25) is 0 Å². The Hall–Kier alpha value is -3.05. The first-order valence-corrected chi connectivity index (χ1v) is 10.1. The van der Waals surface area contributed by atoms with Crippen LogP contribution in [-0.2, 0) is 0 Å². The molecular formula is C23H21N3OS. The lowest BCUT2D eigenvalue weighted by molar-refractivity contribution is 0.101. The van der Waals surface area contributed by atoms with Crippen LogP contribution in [0, 0.1) is 0 Å². The molecule has 1 N–H and O–H groups in total. The van der Waals surface area contributed by atoms with Gasteiger partial charge in [0.15, 0.2) is 5.78 Å². The molecule has 2 aromatic carbocycles. The predicted molar refractivity (Wildman–Crippen MR) is 117 cm³/mol. The number of carbonyl (C=O) groups is 1. The van der Waals surface area contributed by atoms with Gasteiger partial charge in [-0.3, -0.25) is 4.79 Å². The maximum absolute atomic E-state index is 11.5. The summed E-state index contributed by atoms with van der Waals surface area (Å²) in [5, 5.41) is 6.53. The Morgan fingerprint density at radius 3 is 2.36 bits per heavy atom. The second-order valence-corrected chi connectivity index (χ2v) is 7.95. The fourth-order valence-electron chi connectivity index (χ4n) is 3.15. The average molecular weight is 388 g/mol. The van der Waals surface area contributed by atoms with Gasteiger partial charge < -0.3 is 5.32 Å². The van der Waals surface area contributed by atoms with Gasteiger partial charge in [-0.15, -0.1) is 11.3 Å². The fraction of sp³-hybridized carbons (Fsp3) is 0.174. The Labute approximate surface area is 168 Å². The average Bonchev–Trinajstić information content (AvgIpc) is 3.14. The Kier molecular flexibility index (Phi) is 4.92. The van der Waals surface area contributed by atoms with Crippen molar-refractivity contribution in [2.45, 2.75) is 26.7 Å². The van der Waals surface area contributed by atoms with Gasteiger partial charge in [0, 0.05) is 22.2 Å². The van der Waals surface area contributed by atoms with Crippen molar-refractivity contribution < 1.29 is 4.79 Å². The normalized spacial score (nSPS) is 11.1. The monoisotopic (exact) mass is 387 g/mol. The first kappa shape index (κ1) is 18.3. The molecule has 0 fully saturated rings. The van der Waals surface area contributed by atoms with E-state index < -0.39 is 0 Å². The minimum Gasteiger partial charge on any atom is -0.340 e. The minimum atomic E-state index is 0.0564. The van der Waals surface area contributed by atoms with Crippen molar-refractivity contribution in [3.05, 3.63) is 71.4 Å². The maximum Gasteiger partial charge on any atom is 0.159 e. The molecule has 0 amide bonds. The van der Waals surface area contributed by atoms with Crippen LogP contribution < -0.4 is 5.32 Å². The van der Waals surface area contributed by atoms with Gasteiger partial charge in [-0.25, -0.2) is 9.97 Å². The molecule has 0 saturated heterocycles. The lowest BCUT2D eigenvalue weighted by atomic mass is 9.99. The highest BCUT2D eigenvalue weighted by atomic mass is 32.1. The van der Waals surface area contributed by atoms with Crippen LogP contribution in [-0.4, -0.2) is 15.8 Å². The van der Waals surface area contributed by atoms with Gasteiger partial charge in [-0.1, -0.05) is 38.1 Å². The highest BCUT2D eigenvalue weighted by molar-refractivity contribution is 7.17. The van der Waals surface area contributed by atoms with Crippen LogP contribution in [0.25, 0.3) is 21.3 Å². The SMILES string of the molecule is CC(=O)c1ccc(Nc2ncnc3scc(-c4ccc(C(C)C)cc4)c23)cc1. The number of benzene rings is 2. The molecule has 0 aliphatic rings. The van der Waals surface area contributed by atoms with Crippen molar-refractivity contribution in [3.63, 3.8) is 0 Å². The van der Waals surface area contributed by atoms with Crippen molar-refractivity contribution in [1.29, 1.82) is 0 Å². The molecule has 0 spiro atoms. The van der Waals surface area contributed by atoms with Crippen LogP contribution in [0.5, 0.6) is 0 Å². The standard InChI is InChI=1S/C23H21N3OS/c1-14(2)16-4-6-18(7-5-16)20-12-28-23-21(20)22(24-13-25-23)26-19-10-8-17(9-11-19)15(3)27/h4-14H,1-3H3,(H,24,25,26). The highest BCUT2D eigenvalue weighted by Crippen LogP contribution is 2.37. The third-order valence-electron chi connectivity index (χ3n) is 4.81. The number of carbonyl (C=O) groups excluding carboxylic acids is 1. The summed E-state index contributed by atoms with van der Waals surface area (Å²) in [5.41, 5.74) is 5.18. The van der Waals surface area contributed by atoms with Crippen LogP contribution in [0.15, 0.2) is 60.2 Å². The summed E-state index contributed by atoms with van der Waals surface area (Å²) >= 11 is 1.61. The molecule has 2 aromatic heterocycles. The first-order valence-electron chi connectivity index (χ1n) is 9.23. The largest absolute Gasteiger partial charge is 0.340 e. The third kappa shape index (κ3) is 3.53. The topological polar surface area (TPSA) is 54.9 Å². The van der Waals surface area contributed by atoms with Crippen molar-refractivity contribution in [2.75, 3.05) is 5.32 Å².